The Hall–Kier alpha value is -2.21. The van der Waals surface area contributed by atoms with Gasteiger partial charge in [-0.3, -0.25) is 9.48 Å². The molecule has 0 aliphatic carbocycles. The van der Waals surface area contributed by atoms with Crippen molar-refractivity contribution < 1.29 is 4.79 Å². The van der Waals surface area contributed by atoms with Crippen LogP contribution in [0.1, 0.15) is 16.1 Å². The van der Waals surface area contributed by atoms with E-state index in [1.807, 2.05) is 31.2 Å². The van der Waals surface area contributed by atoms with E-state index in [-0.39, 0.29) is 5.91 Å². The molecule has 1 aromatic heterocycles. The zero-order valence-corrected chi connectivity index (χ0v) is 11.1. The third-order valence-corrected chi connectivity index (χ3v) is 2.90. The van der Waals surface area contributed by atoms with Crippen molar-refractivity contribution in [2.24, 2.45) is 5.73 Å². The monoisotopic (exact) mass is 259 g/mol. The first-order chi connectivity index (χ1) is 9.13. The minimum absolute atomic E-state index is 0.183. The van der Waals surface area contributed by atoms with E-state index in [0.717, 1.165) is 11.3 Å². The van der Waals surface area contributed by atoms with E-state index < -0.39 is 0 Å². The van der Waals surface area contributed by atoms with Crippen LogP contribution < -0.4 is 10.6 Å². The quantitative estimate of drug-likeness (QED) is 0.882. The number of para-hydroxylation sites is 1. The highest BCUT2D eigenvalue weighted by molar-refractivity contribution is 6.04. The molecule has 0 bridgehead atoms. The fourth-order valence-electron chi connectivity index (χ4n) is 1.86. The summed E-state index contributed by atoms with van der Waals surface area (Å²) in [6.07, 6.45) is 1.62. The summed E-state index contributed by atoms with van der Waals surface area (Å²) in [5.74, 6) is -0.183. The Morgan fingerprint density at radius 3 is 2.84 bits per heavy atom. The number of amides is 1. The number of hydrogen-bond donors (Lipinski definition) is 1. The van der Waals surface area contributed by atoms with Gasteiger partial charge in [0.1, 0.15) is 0 Å². The third-order valence-electron chi connectivity index (χ3n) is 2.90. The molecule has 19 heavy (non-hydrogen) atoms. The molecule has 2 rings (SSSR count). The van der Waals surface area contributed by atoms with Crippen LogP contribution >= 0.6 is 0 Å². The summed E-state index contributed by atoms with van der Waals surface area (Å²) in [6.45, 7) is 2.98. The lowest BCUT2D eigenvalue weighted by molar-refractivity contribution is 0.0988. The zero-order chi connectivity index (χ0) is 13.8. The molecular weight excluding hydrogens is 242 g/mol. The Morgan fingerprint density at radius 1 is 1.42 bits per heavy atom. The van der Waals surface area contributed by atoms with Gasteiger partial charge < -0.3 is 10.6 Å². The molecule has 1 aromatic carbocycles. The molecule has 0 aliphatic heterocycles. The molecule has 0 unspecified atom stereocenters. The summed E-state index contributed by atoms with van der Waals surface area (Å²) < 4.78 is 1.57. The predicted molar refractivity (Wildman–Crippen MR) is 73.0 cm³/mol. The van der Waals surface area contributed by atoms with Crippen LogP contribution in [0.2, 0.25) is 0 Å². The second-order valence-electron chi connectivity index (χ2n) is 4.31. The predicted octanol–water partition coefficient (Wildman–Crippen LogP) is 0.822. The maximum Gasteiger partial charge on any atom is 0.280 e. The zero-order valence-electron chi connectivity index (χ0n) is 11.1. The first-order valence-electron chi connectivity index (χ1n) is 6.07. The van der Waals surface area contributed by atoms with Gasteiger partial charge in [0.2, 0.25) is 0 Å². The van der Waals surface area contributed by atoms with Gasteiger partial charge in [0.15, 0.2) is 5.69 Å². The normalized spacial score (nSPS) is 10.5. The number of carbonyl (C=O) groups is 1. The van der Waals surface area contributed by atoms with Gasteiger partial charge in [-0.2, -0.15) is 0 Å². The maximum absolute atomic E-state index is 12.3. The SMILES string of the molecule is Cc1ccccc1N(C)C(=O)c1cn(CCN)nn1. The van der Waals surface area contributed by atoms with E-state index in [1.165, 1.54) is 0 Å². The summed E-state index contributed by atoms with van der Waals surface area (Å²) in [7, 11) is 1.73. The molecule has 1 heterocycles. The van der Waals surface area contributed by atoms with Crippen LogP contribution in [0.15, 0.2) is 30.5 Å². The van der Waals surface area contributed by atoms with E-state index >= 15 is 0 Å². The second kappa shape index (κ2) is 5.62. The summed E-state index contributed by atoms with van der Waals surface area (Å²) in [6, 6.07) is 7.70. The Labute approximate surface area is 111 Å². The van der Waals surface area contributed by atoms with Gasteiger partial charge in [-0.25, -0.2) is 0 Å². The number of benzene rings is 1. The van der Waals surface area contributed by atoms with Crippen molar-refractivity contribution in [3.63, 3.8) is 0 Å². The lowest BCUT2D eigenvalue weighted by Gasteiger charge is -2.17. The smallest absolute Gasteiger partial charge is 0.280 e. The first kappa shape index (κ1) is 13.2. The molecule has 100 valence electrons. The molecule has 6 heteroatoms. The molecule has 0 fully saturated rings. The molecule has 0 spiro atoms. The van der Waals surface area contributed by atoms with E-state index in [4.69, 9.17) is 5.73 Å². The molecule has 0 saturated carbocycles. The number of rotatable bonds is 4. The molecular formula is C13H17N5O. The minimum Gasteiger partial charge on any atom is -0.329 e. The van der Waals surface area contributed by atoms with Crippen molar-refractivity contribution in [3.05, 3.63) is 41.7 Å². The topological polar surface area (TPSA) is 77.0 Å². The Morgan fingerprint density at radius 2 is 2.16 bits per heavy atom. The maximum atomic E-state index is 12.3. The van der Waals surface area contributed by atoms with Gasteiger partial charge in [-0.1, -0.05) is 23.4 Å². The van der Waals surface area contributed by atoms with Crippen LogP contribution in [-0.4, -0.2) is 34.5 Å². The highest BCUT2D eigenvalue weighted by Crippen LogP contribution is 2.19. The van der Waals surface area contributed by atoms with Crippen LogP contribution in [0.5, 0.6) is 0 Å². The number of hydrogen-bond acceptors (Lipinski definition) is 4. The third kappa shape index (κ3) is 2.79. The van der Waals surface area contributed by atoms with Gasteiger partial charge in [0, 0.05) is 19.3 Å². The molecule has 6 nitrogen and oxygen atoms in total. The number of aryl methyl sites for hydroxylation is 1. The van der Waals surface area contributed by atoms with Gasteiger partial charge in [-0.05, 0) is 18.6 Å². The first-order valence-corrected chi connectivity index (χ1v) is 6.07. The number of aromatic nitrogens is 3. The molecule has 2 aromatic rings. The van der Waals surface area contributed by atoms with Crippen LogP contribution in [0.3, 0.4) is 0 Å². The van der Waals surface area contributed by atoms with Gasteiger partial charge in [-0.15, -0.1) is 5.10 Å². The van der Waals surface area contributed by atoms with Crippen LogP contribution in [0, 0.1) is 6.92 Å². The number of nitrogens with zero attached hydrogens (tertiary/aromatic N) is 4. The summed E-state index contributed by atoms with van der Waals surface area (Å²) in [5, 5.41) is 7.74. The van der Waals surface area contributed by atoms with Crippen LogP contribution in [0.25, 0.3) is 0 Å². The van der Waals surface area contributed by atoms with Gasteiger partial charge in [0.25, 0.3) is 5.91 Å². The largest absolute Gasteiger partial charge is 0.329 e. The Balaban J connectivity index is 2.21. The molecule has 0 saturated heterocycles. The van der Waals surface area contributed by atoms with E-state index in [9.17, 15) is 4.79 Å². The van der Waals surface area contributed by atoms with E-state index in [0.29, 0.717) is 18.8 Å². The van der Waals surface area contributed by atoms with E-state index in [1.54, 1.807) is 22.8 Å². The van der Waals surface area contributed by atoms with Crippen LogP contribution in [0.4, 0.5) is 5.69 Å². The standard InChI is InChI=1S/C13H17N5O/c1-10-5-3-4-6-12(10)17(2)13(19)11-9-18(8-7-14)16-15-11/h3-6,9H,7-8,14H2,1-2H3. The summed E-state index contributed by atoms with van der Waals surface area (Å²) in [4.78, 5) is 13.9. The van der Waals surface area contributed by atoms with E-state index in [2.05, 4.69) is 10.3 Å². The molecule has 1 amide bonds. The van der Waals surface area contributed by atoms with Crippen molar-refractivity contribution >= 4 is 11.6 Å². The molecule has 0 aliphatic rings. The van der Waals surface area contributed by atoms with Crippen molar-refractivity contribution in [1.29, 1.82) is 0 Å². The summed E-state index contributed by atoms with van der Waals surface area (Å²) in [5.41, 5.74) is 7.65. The van der Waals surface area contributed by atoms with Crippen molar-refractivity contribution in [3.8, 4) is 0 Å². The molecule has 0 atom stereocenters. The average molecular weight is 259 g/mol. The van der Waals surface area contributed by atoms with Crippen molar-refractivity contribution in [2.45, 2.75) is 13.5 Å². The lowest BCUT2D eigenvalue weighted by atomic mass is 10.2. The number of anilines is 1. The average Bonchev–Trinajstić information content (AvgIpc) is 2.87. The van der Waals surface area contributed by atoms with Crippen LogP contribution in [-0.2, 0) is 6.54 Å². The van der Waals surface area contributed by atoms with Gasteiger partial charge >= 0.3 is 0 Å². The minimum atomic E-state index is -0.183. The van der Waals surface area contributed by atoms with Crippen molar-refractivity contribution in [2.75, 3.05) is 18.5 Å². The highest BCUT2D eigenvalue weighted by Gasteiger charge is 2.18. The molecule has 2 N–H and O–H groups in total. The summed E-state index contributed by atoms with van der Waals surface area (Å²) >= 11 is 0. The Kier molecular flexibility index (Phi) is 3.91. The van der Waals surface area contributed by atoms with Gasteiger partial charge in [0.05, 0.1) is 12.7 Å². The number of carbonyl (C=O) groups excluding carboxylic acids is 1. The second-order valence-corrected chi connectivity index (χ2v) is 4.31. The molecule has 0 radical (unpaired) electrons. The fraction of sp³-hybridized carbons (Fsp3) is 0.308. The lowest BCUT2D eigenvalue weighted by Crippen LogP contribution is -2.27. The fourth-order valence-corrected chi connectivity index (χ4v) is 1.86. The highest BCUT2D eigenvalue weighted by atomic mass is 16.2. The Bertz CT molecular complexity index is 578. The number of nitrogens with two attached hydrogens (primary N) is 1. The van der Waals surface area contributed by atoms with Crippen molar-refractivity contribution in [1.82, 2.24) is 15.0 Å².